The number of hydrogen-bond acceptors (Lipinski definition) is 6. The molecule has 1 spiro atoms. The molecule has 7 nitrogen and oxygen atoms in total. The molecule has 7 rings (SSSR count). The van der Waals surface area contributed by atoms with E-state index < -0.39 is 16.8 Å². The van der Waals surface area contributed by atoms with E-state index in [1.165, 1.54) is 24.0 Å². The molecule has 256 valence electrons. The van der Waals surface area contributed by atoms with E-state index in [2.05, 4.69) is 52.9 Å². The minimum Gasteiger partial charge on any atom is -0.490 e. The molecule has 2 aliphatic carbocycles. The molecule has 0 aromatic heterocycles. The third-order valence-electron chi connectivity index (χ3n) is 12.2. The van der Waals surface area contributed by atoms with Gasteiger partial charge in [-0.3, -0.25) is 4.79 Å². The van der Waals surface area contributed by atoms with Crippen LogP contribution in [-0.2, 0) is 16.6 Å². The average molecular weight is 682 g/mol. The van der Waals surface area contributed by atoms with Crippen molar-refractivity contribution in [3.63, 3.8) is 0 Å². The summed E-state index contributed by atoms with van der Waals surface area (Å²) in [7, 11) is -0.503. The van der Waals surface area contributed by atoms with Crippen LogP contribution in [0.3, 0.4) is 0 Å². The lowest BCUT2D eigenvalue weighted by molar-refractivity contribution is -0.0483. The molecular weight excluding hydrogens is 630 g/mol. The first-order valence-electron chi connectivity index (χ1n) is 17.9. The minimum absolute atomic E-state index is 0.0591. The van der Waals surface area contributed by atoms with Crippen LogP contribution in [0.2, 0.25) is 5.02 Å². The van der Waals surface area contributed by atoms with Gasteiger partial charge >= 0.3 is 0 Å². The van der Waals surface area contributed by atoms with Crippen molar-refractivity contribution >= 4 is 39.7 Å². The number of β-amino-alcohol motifs (C(OH)–C–C–N with tert-alkyl or cyclic N) is 1. The molecule has 5 aliphatic rings. The number of halogens is 1. The van der Waals surface area contributed by atoms with Gasteiger partial charge in [0.15, 0.2) is 0 Å². The number of rotatable bonds is 3. The summed E-state index contributed by atoms with van der Waals surface area (Å²) in [5.74, 6) is 7.20. The number of aryl methyl sites for hydroxylation is 1. The summed E-state index contributed by atoms with van der Waals surface area (Å²) in [6.45, 7) is 8.93. The van der Waals surface area contributed by atoms with Gasteiger partial charge in [-0.1, -0.05) is 54.5 Å². The Hall–Kier alpha value is -2.10. The van der Waals surface area contributed by atoms with E-state index >= 15 is 0 Å². The van der Waals surface area contributed by atoms with Crippen LogP contribution in [-0.4, -0.2) is 73.7 Å². The molecule has 9 heteroatoms. The Morgan fingerprint density at radius 2 is 2.00 bits per heavy atom. The number of nitrogens with zero attached hydrogens (tertiary/aromatic N) is 1. The summed E-state index contributed by atoms with van der Waals surface area (Å²) in [4.78, 5) is 16.2. The second-order valence-corrected chi connectivity index (χ2v) is 17.4. The molecule has 1 saturated carbocycles. The fourth-order valence-corrected chi connectivity index (χ4v) is 10.4. The topological polar surface area (TPSA) is 83.1 Å². The van der Waals surface area contributed by atoms with Crippen LogP contribution in [0.1, 0.15) is 80.3 Å². The van der Waals surface area contributed by atoms with Crippen LogP contribution in [0.4, 0.5) is 5.69 Å². The van der Waals surface area contributed by atoms with Crippen LogP contribution in [0.15, 0.2) is 36.4 Å². The Labute approximate surface area is 288 Å². The molecule has 0 radical (unpaired) electrons. The lowest BCUT2D eigenvalue weighted by atomic mass is 9.65. The van der Waals surface area contributed by atoms with Crippen molar-refractivity contribution in [2.24, 2.45) is 23.7 Å². The smallest absolute Gasteiger partial charge is 0.260 e. The zero-order valence-electron chi connectivity index (χ0n) is 28.0. The monoisotopic (exact) mass is 681 g/mol. The van der Waals surface area contributed by atoms with Crippen LogP contribution >= 0.6 is 22.3 Å². The molecule has 3 aliphatic heterocycles. The lowest BCUT2D eigenvalue weighted by Crippen LogP contribution is -2.49. The number of carbonyl (C=O) groups excluding carboxylic acids is 1. The summed E-state index contributed by atoms with van der Waals surface area (Å²) in [6, 6.07) is 12.4. The number of hydrogen-bond donors (Lipinski definition) is 3. The number of aliphatic hydroxyl groups excluding tert-OH is 1. The Kier molecular flexibility index (Phi) is 9.97. The second-order valence-electron chi connectivity index (χ2n) is 15.1. The van der Waals surface area contributed by atoms with Crippen molar-refractivity contribution in [1.29, 1.82) is 0 Å². The highest BCUT2D eigenvalue weighted by atomic mass is 35.5. The molecular formula is C38H52ClN3O4S. The van der Waals surface area contributed by atoms with E-state index in [0.717, 1.165) is 74.6 Å². The van der Waals surface area contributed by atoms with Gasteiger partial charge in [-0.15, -0.1) is 0 Å². The summed E-state index contributed by atoms with van der Waals surface area (Å²) >= 11 is 6.48. The van der Waals surface area contributed by atoms with Crippen molar-refractivity contribution < 1.29 is 19.4 Å². The van der Waals surface area contributed by atoms with Crippen LogP contribution in [0, 0.1) is 23.7 Å². The molecule has 2 aromatic carbocycles. The number of nitrogens with one attached hydrogen (secondary N) is 2. The Morgan fingerprint density at radius 1 is 1.13 bits per heavy atom. The van der Waals surface area contributed by atoms with Crippen LogP contribution in [0.25, 0.3) is 0 Å². The quantitative estimate of drug-likeness (QED) is 0.327. The summed E-state index contributed by atoms with van der Waals surface area (Å²) in [5, 5.41) is 14.8. The van der Waals surface area contributed by atoms with Gasteiger partial charge in [0.1, 0.15) is 5.75 Å². The Bertz CT molecular complexity index is 1490. The summed E-state index contributed by atoms with van der Waals surface area (Å²) in [5.41, 5.74) is 4.22. The number of benzene rings is 2. The standard InChI is InChI=1S/C38H52ClN3O4S/c1-24-6-4-7-29(21-45-36-19-40-18-34(36)43)31-12-9-28(31)20-42-22-38(15-5-8-26-16-30(39)11-13-32(26)38)23-46-35-14-10-27(17-33(35)42)37(44)41-47(3)25(24)2/h10-11,13-14,16-17,24-25,28-29,31,34,36,40,43H,3-9,12,15,18-23H2,1-2H3,(H,41,44)/t24?,25?,28?,29?,31?,34?,36?,38-,47?/m0/s1. The number of fused-ring (bicyclic) bond motifs is 4. The fraction of sp³-hybridized carbons (Fsp3) is 0.632. The molecule has 47 heavy (non-hydrogen) atoms. The number of ether oxygens (including phenoxy) is 2. The number of carbonyl (C=O) groups is 1. The zero-order chi connectivity index (χ0) is 32.7. The molecule has 2 aromatic rings. The van der Waals surface area contributed by atoms with E-state index in [9.17, 15) is 9.90 Å². The predicted octanol–water partition coefficient (Wildman–Crippen LogP) is 6.36. The molecule has 1 saturated heterocycles. The molecule has 3 N–H and O–H groups in total. The normalized spacial score (nSPS) is 36.0. The van der Waals surface area contributed by atoms with Crippen molar-refractivity contribution in [3.8, 4) is 5.75 Å². The van der Waals surface area contributed by atoms with Gasteiger partial charge in [0.2, 0.25) is 0 Å². The highest BCUT2D eigenvalue weighted by molar-refractivity contribution is 8.13. The largest absolute Gasteiger partial charge is 0.490 e. The Morgan fingerprint density at radius 3 is 2.79 bits per heavy atom. The molecule has 8 unspecified atom stereocenters. The number of anilines is 1. The zero-order valence-corrected chi connectivity index (χ0v) is 29.6. The van der Waals surface area contributed by atoms with Gasteiger partial charge in [-0.05, 0) is 110 Å². The third kappa shape index (κ3) is 6.87. The second kappa shape index (κ2) is 14.0. The Balaban J connectivity index is 1.23. The van der Waals surface area contributed by atoms with Gasteiger partial charge in [0.05, 0.1) is 31.1 Å². The third-order valence-corrected chi connectivity index (χ3v) is 14.2. The highest BCUT2D eigenvalue weighted by Crippen LogP contribution is 2.48. The van der Waals surface area contributed by atoms with E-state index in [-0.39, 0.29) is 22.7 Å². The van der Waals surface area contributed by atoms with Crippen molar-refractivity contribution in [2.45, 2.75) is 88.1 Å². The molecule has 1 amide bonds. The SMILES string of the molecule is C=S1NC(=O)c2ccc3c(c2)N(CC2CCC2C(COC2CNCC2O)CCCC(C)C1C)C[C@@]1(CCCc2cc(Cl)ccc21)CO3. The van der Waals surface area contributed by atoms with Crippen LogP contribution in [0.5, 0.6) is 5.75 Å². The predicted molar refractivity (Wildman–Crippen MR) is 193 cm³/mol. The fourth-order valence-electron chi connectivity index (χ4n) is 8.95. The molecule has 9 atom stereocenters. The number of aliphatic hydroxyl groups is 1. The van der Waals surface area contributed by atoms with Gasteiger partial charge in [-0.25, -0.2) is 0 Å². The van der Waals surface area contributed by atoms with Gasteiger partial charge < -0.3 is 29.5 Å². The van der Waals surface area contributed by atoms with E-state index in [1.54, 1.807) is 0 Å². The van der Waals surface area contributed by atoms with Crippen molar-refractivity contribution in [2.75, 3.05) is 44.3 Å². The molecule has 2 bridgehead atoms. The van der Waals surface area contributed by atoms with E-state index in [0.29, 0.717) is 49.0 Å². The first-order valence-corrected chi connectivity index (χ1v) is 19.7. The van der Waals surface area contributed by atoms with Gasteiger partial charge in [0, 0.05) is 47.4 Å². The highest BCUT2D eigenvalue weighted by Gasteiger charge is 2.45. The van der Waals surface area contributed by atoms with Crippen molar-refractivity contribution in [1.82, 2.24) is 10.0 Å². The summed E-state index contributed by atoms with van der Waals surface area (Å²) in [6.07, 6.45) is 8.39. The molecule has 3 heterocycles. The van der Waals surface area contributed by atoms with Gasteiger partial charge in [0.25, 0.3) is 5.91 Å². The maximum atomic E-state index is 13.7. The van der Waals surface area contributed by atoms with E-state index in [4.69, 9.17) is 21.1 Å². The van der Waals surface area contributed by atoms with Crippen molar-refractivity contribution in [3.05, 3.63) is 58.1 Å². The molecule has 2 fully saturated rings. The lowest BCUT2D eigenvalue weighted by Gasteiger charge is -2.47. The van der Waals surface area contributed by atoms with Gasteiger partial charge in [-0.2, -0.15) is 0 Å². The summed E-state index contributed by atoms with van der Waals surface area (Å²) < 4.78 is 16.4. The van der Waals surface area contributed by atoms with E-state index in [1.807, 2.05) is 18.2 Å². The average Bonchev–Trinajstić information content (AvgIpc) is 3.39. The number of amides is 1. The first-order chi connectivity index (χ1) is 22.7. The minimum atomic E-state index is -0.503. The van der Waals surface area contributed by atoms with Crippen LogP contribution < -0.4 is 19.7 Å². The first kappa shape index (κ1) is 33.4. The maximum absolute atomic E-state index is 13.7. The maximum Gasteiger partial charge on any atom is 0.260 e.